The molecule has 4 rings (SSSR count). The average Bonchev–Trinajstić information content (AvgIpc) is 3.55. The molecule has 1 aromatic carbocycles. The number of methoxy groups -OCH3 is 1. The van der Waals surface area contributed by atoms with Crippen LogP contribution in [0.4, 0.5) is 15.9 Å². The molecule has 2 aliphatic rings. The minimum atomic E-state index is -0.666. The number of rotatable bonds is 8. The van der Waals surface area contributed by atoms with Crippen molar-refractivity contribution in [2.45, 2.75) is 30.6 Å². The number of halogens is 1. The first-order valence-corrected chi connectivity index (χ1v) is 10.8. The Morgan fingerprint density at radius 2 is 2.19 bits per heavy atom. The van der Waals surface area contributed by atoms with Crippen LogP contribution in [0.2, 0.25) is 0 Å². The van der Waals surface area contributed by atoms with Crippen molar-refractivity contribution < 1.29 is 18.7 Å². The van der Waals surface area contributed by atoms with Crippen molar-refractivity contribution in [2.24, 2.45) is 10.9 Å². The number of amidine groups is 1. The van der Waals surface area contributed by atoms with Gasteiger partial charge in [-0.2, -0.15) is 0 Å². The van der Waals surface area contributed by atoms with E-state index >= 15 is 0 Å². The lowest BCUT2D eigenvalue weighted by Crippen LogP contribution is -2.45. The van der Waals surface area contributed by atoms with Crippen molar-refractivity contribution in [3.63, 3.8) is 0 Å². The predicted octanol–water partition coefficient (Wildman–Crippen LogP) is 3.00. The lowest BCUT2D eigenvalue weighted by atomic mass is 10.1. The number of ether oxygens (including phenoxy) is 1. The lowest BCUT2D eigenvalue weighted by molar-refractivity contribution is -0.130. The summed E-state index contributed by atoms with van der Waals surface area (Å²) in [7, 11) is 1.59. The molecule has 2 unspecified atom stereocenters. The van der Waals surface area contributed by atoms with Gasteiger partial charge in [-0.1, -0.05) is 23.9 Å². The number of amides is 2. The smallest absolute Gasteiger partial charge is 0.243 e. The molecule has 0 bridgehead atoms. The minimum Gasteiger partial charge on any atom is -0.383 e. The zero-order valence-corrected chi connectivity index (χ0v) is 17.7. The van der Waals surface area contributed by atoms with Gasteiger partial charge < -0.3 is 10.1 Å². The second-order valence-electron chi connectivity index (χ2n) is 7.36. The van der Waals surface area contributed by atoms with Crippen molar-refractivity contribution in [1.82, 2.24) is 14.9 Å². The Bertz CT molecular complexity index is 986. The highest BCUT2D eigenvalue weighted by molar-refractivity contribution is 8.15. The number of anilines is 1. The molecule has 2 atom stereocenters. The predicted molar refractivity (Wildman–Crippen MR) is 115 cm³/mol. The number of nitrogens with one attached hydrogen (secondary N) is 1. The molecule has 2 fully saturated rings. The summed E-state index contributed by atoms with van der Waals surface area (Å²) in [6, 6.07) is 5.96. The summed E-state index contributed by atoms with van der Waals surface area (Å²) in [6.45, 7) is 0.353. The van der Waals surface area contributed by atoms with E-state index in [-0.39, 0.29) is 30.0 Å². The average molecular weight is 444 g/mol. The van der Waals surface area contributed by atoms with Crippen LogP contribution < -0.4 is 5.32 Å². The standard InChI is InChI=1S/C21H22FN5O3S/c1-30-12-16(13-6-7-13)27-20(29)17(10-19(28)26-18-11-23-8-9-24-18)31-21(27)25-15-5-3-2-4-14(15)22/h2-5,8-9,11,13,16-17H,6-7,10,12H2,1H3,(H,24,26,28). The monoisotopic (exact) mass is 443 g/mol. The number of para-hydroxylation sites is 1. The van der Waals surface area contributed by atoms with Gasteiger partial charge in [-0.3, -0.25) is 19.5 Å². The molecule has 2 aromatic rings. The van der Waals surface area contributed by atoms with Crippen LogP contribution in [0.1, 0.15) is 19.3 Å². The number of hydrogen-bond donors (Lipinski definition) is 1. The molecule has 1 N–H and O–H groups in total. The first kappa shape index (κ1) is 21.4. The zero-order chi connectivity index (χ0) is 21.8. The van der Waals surface area contributed by atoms with Crippen LogP contribution in [0, 0.1) is 11.7 Å². The van der Waals surface area contributed by atoms with E-state index in [0.29, 0.717) is 23.5 Å². The molecule has 2 heterocycles. The Morgan fingerprint density at radius 3 is 2.87 bits per heavy atom. The van der Waals surface area contributed by atoms with Crippen molar-refractivity contribution in [1.29, 1.82) is 0 Å². The fourth-order valence-corrected chi connectivity index (χ4v) is 4.64. The van der Waals surface area contributed by atoms with Gasteiger partial charge in [-0.05, 0) is 30.9 Å². The fraction of sp³-hybridized carbons (Fsp3) is 0.381. The third-order valence-corrected chi connectivity index (χ3v) is 6.22. The highest BCUT2D eigenvalue weighted by Gasteiger charge is 2.47. The Labute approximate surface area is 183 Å². The molecule has 1 aliphatic carbocycles. The number of carbonyl (C=O) groups is 2. The van der Waals surface area contributed by atoms with Gasteiger partial charge >= 0.3 is 0 Å². The SMILES string of the molecule is COCC(C1CC1)N1C(=O)C(CC(=O)Nc2cnccn2)SC1=Nc1ccccc1F. The number of thioether (sulfide) groups is 1. The van der Waals surface area contributed by atoms with Crippen LogP contribution in [0.5, 0.6) is 0 Å². The van der Waals surface area contributed by atoms with E-state index in [4.69, 9.17) is 4.74 Å². The highest BCUT2D eigenvalue weighted by Crippen LogP contribution is 2.41. The number of aliphatic imine (C=N–C) groups is 1. The summed E-state index contributed by atoms with van der Waals surface area (Å²) in [4.78, 5) is 39.7. The fourth-order valence-electron chi connectivity index (χ4n) is 3.44. The van der Waals surface area contributed by atoms with Crippen LogP contribution in [0.25, 0.3) is 0 Å². The first-order chi connectivity index (χ1) is 15.1. The Balaban J connectivity index is 1.57. The molecule has 1 aliphatic heterocycles. The summed E-state index contributed by atoms with van der Waals surface area (Å²) < 4.78 is 19.6. The maximum atomic E-state index is 14.2. The lowest BCUT2D eigenvalue weighted by Gasteiger charge is -2.27. The zero-order valence-electron chi connectivity index (χ0n) is 16.9. The van der Waals surface area contributed by atoms with Crippen LogP contribution in [-0.2, 0) is 14.3 Å². The van der Waals surface area contributed by atoms with Gasteiger partial charge in [0.25, 0.3) is 0 Å². The molecule has 1 saturated heterocycles. The van der Waals surface area contributed by atoms with Gasteiger partial charge in [0, 0.05) is 25.9 Å². The Hall–Kier alpha value is -2.85. The van der Waals surface area contributed by atoms with Gasteiger partial charge in [0.2, 0.25) is 11.8 Å². The summed E-state index contributed by atoms with van der Waals surface area (Å²) in [5.41, 5.74) is 0.152. The Kier molecular flexibility index (Phi) is 6.57. The van der Waals surface area contributed by atoms with E-state index in [0.717, 1.165) is 12.8 Å². The van der Waals surface area contributed by atoms with Crippen molar-refractivity contribution >= 4 is 40.2 Å². The maximum absolute atomic E-state index is 14.2. The van der Waals surface area contributed by atoms with E-state index in [1.165, 1.54) is 36.4 Å². The number of hydrogen-bond acceptors (Lipinski definition) is 7. The molecule has 1 aromatic heterocycles. The molecular weight excluding hydrogens is 421 g/mol. The van der Waals surface area contributed by atoms with E-state index < -0.39 is 11.1 Å². The second kappa shape index (κ2) is 9.52. The molecule has 0 radical (unpaired) electrons. The number of carbonyl (C=O) groups excluding carboxylic acids is 2. The summed E-state index contributed by atoms with van der Waals surface area (Å²) in [5.74, 6) is -0.421. The number of benzene rings is 1. The van der Waals surface area contributed by atoms with Gasteiger partial charge in [0.15, 0.2) is 11.0 Å². The van der Waals surface area contributed by atoms with Gasteiger partial charge in [-0.15, -0.1) is 0 Å². The molecule has 8 nitrogen and oxygen atoms in total. The normalized spacial score (nSPS) is 20.8. The number of nitrogens with zero attached hydrogens (tertiary/aromatic N) is 4. The van der Waals surface area contributed by atoms with Crippen LogP contribution >= 0.6 is 11.8 Å². The van der Waals surface area contributed by atoms with Gasteiger partial charge in [-0.25, -0.2) is 14.4 Å². The van der Waals surface area contributed by atoms with Gasteiger partial charge in [0.1, 0.15) is 16.8 Å². The molecule has 2 amide bonds. The topological polar surface area (TPSA) is 96.8 Å². The largest absolute Gasteiger partial charge is 0.383 e. The molecule has 10 heteroatoms. The third-order valence-electron chi connectivity index (χ3n) is 5.07. The van der Waals surface area contributed by atoms with E-state index in [1.54, 1.807) is 30.2 Å². The molecule has 0 spiro atoms. The summed E-state index contributed by atoms with van der Waals surface area (Å²) >= 11 is 1.18. The van der Waals surface area contributed by atoms with Crippen molar-refractivity contribution in [3.8, 4) is 0 Å². The molecule has 162 valence electrons. The third kappa shape index (κ3) is 5.08. The molecule has 31 heavy (non-hydrogen) atoms. The highest BCUT2D eigenvalue weighted by atomic mass is 32.2. The summed E-state index contributed by atoms with van der Waals surface area (Å²) in [5, 5.41) is 2.37. The quantitative estimate of drug-likeness (QED) is 0.674. The van der Waals surface area contributed by atoms with Crippen molar-refractivity contribution in [2.75, 3.05) is 19.0 Å². The van der Waals surface area contributed by atoms with Crippen molar-refractivity contribution in [3.05, 3.63) is 48.7 Å². The number of aromatic nitrogens is 2. The van der Waals surface area contributed by atoms with E-state index in [1.807, 2.05) is 0 Å². The minimum absolute atomic E-state index is 0.0583. The van der Waals surface area contributed by atoms with Crippen LogP contribution in [0.15, 0.2) is 47.8 Å². The maximum Gasteiger partial charge on any atom is 0.243 e. The molecular formula is C21H22FN5O3S. The van der Waals surface area contributed by atoms with E-state index in [2.05, 4.69) is 20.3 Å². The molecule has 1 saturated carbocycles. The van der Waals surface area contributed by atoms with Gasteiger partial charge in [0.05, 0.1) is 18.8 Å². The van der Waals surface area contributed by atoms with Crippen LogP contribution in [0.3, 0.4) is 0 Å². The second-order valence-corrected chi connectivity index (χ2v) is 8.53. The van der Waals surface area contributed by atoms with Crippen LogP contribution in [-0.4, -0.2) is 56.9 Å². The first-order valence-electron chi connectivity index (χ1n) is 9.94. The van der Waals surface area contributed by atoms with E-state index in [9.17, 15) is 14.0 Å². The Morgan fingerprint density at radius 1 is 1.39 bits per heavy atom. The summed E-state index contributed by atoms with van der Waals surface area (Å²) in [6.07, 6.45) is 6.33.